The third-order valence-electron chi connectivity index (χ3n) is 2.32. The molecule has 0 saturated heterocycles. The number of nitrogens with two attached hydrogens (primary N) is 1. The van der Waals surface area contributed by atoms with Gasteiger partial charge < -0.3 is 10.3 Å². The molecule has 0 aliphatic carbocycles. The van der Waals surface area contributed by atoms with Crippen LogP contribution in [0.3, 0.4) is 0 Å². The van der Waals surface area contributed by atoms with Crippen LogP contribution in [-0.4, -0.2) is 19.5 Å². The van der Waals surface area contributed by atoms with Crippen LogP contribution < -0.4 is 5.73 Å². The lowest BCUT2D eigenvalue weighted by molar-refractivity contribution is 0.832. The van der Waals surface area contributed by atoms with E-state index in [0.29, 0.717) is 5.82 Å². The number of rotatable bonds is 3. The molecule has 0 saturated carbocycles. The van der Waals surface area contributed by atoms with E-state index >= 15 is 0 Å². The minimum atomic E-state index is 0.497. The van der Waals surface area contributed by atoms with Crippen molar-refractivity contribution in [2.75, 3.05) is 5.73 Å². The van der Waals surface area contributed by atoms with Crippen LogP contribution in [0.25, 0.3) is 11.5 Å². The first-order chi connectivity index (χ1) is 7.70. The first kappa shape index (κ1) is 10.6. The Hall–Kier alpha value is -1.91. The average molecular weight is 217 g/mol. The Morgan fingerprint density at radius 1 is 1.38 bits per heavy atom. The van der Waals surface area contributed by atoms with Gasteiger partial charge >= 0.3 is 0 Å². The number of nitrogen functional groups attached to an aromatic ring is 1. The van der Waals surface area contributed by atoms with E-state index < -0.39 is 0 Å². The molecular formula is C11H15N5. The molecule has 2 N–H and O–H groups in total. The minimum absolute atomic E-state index is 0.497. The van der Waals surface area contributed by atoms with Crippen molar-refractivity contribution in [1.29, 1.82) is 0 Å². The van der Waals surface area contributed by atoms with Crippen LogP contribution in [0.1, 0.15) is 19.2 Å². The highest BCUT2D eigenvalue weighted by molar-refractivity contribution is 5.54. The summed E-state index contributed by atoms with van der Waals surface area (Å²) in [5.74, 6) is 2.09. The van der Waals surface area contributed by atoms with E-state index in [9.17, 15) is 0 Å². The van der Waals surface area contributed by atoms with Crippen LogP contribution in [0.5, 0.6) is 0 Å². The molecule has 0 unspecified atom stereocenters. The molecule has 5 heteroatoms. The second-order valence-corrected chi connectivity index (χ2v) is 3.71. The van der Waals surface area contributed by atoms with E-state index in [-0.39, 0.29) is 0 Å². The van der Waals surface area contributed by atoms with Gasteiger partial charge in [0, 0.05) is 31.9 Å². The van der Waals surface area contributed by atoms with Gasteiger partial charge in [0.25, 0.3) is 0 Å². The summed E-state index contributed by atoms with van der Waals surface area (Å²) in [4.78, 5) is 12.9. The molecule has 0 aliphatic heterocycles. The van der Waals surface area contributed by atoms with Crippen LogP contribution in [0.2, 0.25) is 0 Å². The van der Waals surface area contributed by atoms with Crippen molar-refractivity contribution >= 4 is 5.82 Å². The molecule has 0 spiro atoms. The molecule has 0 aliphatic rings. The largest absolute Gasteiger partial charge is 0.384 e. The van der Waals surface area contributed by atoms with Crippen LogP contribution in [0.15, 0.2) is 18.5 Å². The predicted molar refractivity (Wildman–Crippen MR) is 62.6 cm³/mol. The maximum Gasteiger partial charge on any atom is 0.158 e. The summed E-state index contributed by atoms with van der Waals surface area (Å²) in [5.41, 5.74) is 6.54. The SMILES string of the molecule is CCCc1nc(N)cc(-c2nccn2C)n1. The van der Waals surface area contributed by atoms with E-state index in [2.05, 4.69) is 21.9 Å². The molecule has 0 atom stereocenters. The van der Waals surface area contributed by atoms with E-state index in [0.717, 1.165) is 30.2 Å². The molecule has 16 heavy (non-hydrogen) atoms. The molecule has 0 fully saturated rings. The standard InChI is InChI=1S/C11H15N5/c1-3-4-10-14-8(7-9(12)15-10)11-13-5-6-16(11)2/h5-7H,3-4H2,1-2H3,(H2,12,14,15). The molecule has 0 amide bonds. The molecule has 0 radical (unpaired) electrons. The van der Waals surface area contributed by atoms with Gasteiger partial charge in [-0.3, -0.25) is 0 Å². The third-order valence-corrected chi connectivity index (χ3v) is 2.32. The Bertz CT molecular complexity index is 489. The number of anilines is 1. The summed E-state index contributed by atoms with van der Waals surface area (Å²) in [7, 11) is 1.93. The number of hydrogen-bond donors (Lipinski definition) is 1. The van der Waals surface area contributed by atoms with E-state index in [1.807, 2.05) is 17.8 Å². The molecule has 2 aromatic rings. The van der Waals surface area contributed by atoms with E-state index in [4.69, 9.17) is 5.73 Å². The Morgan fingerprint density at radius 3 is 2.81 bits per heavy atom. The fourth-order valence-electron chi connectivity index (χ4n) is 1.58. The van der Waals surface area contributed by atoms with Gasteiger partial charge in [0.05, 0.1) is 0 Å². The highest BCUT2D eigenvalue weighted by atomic mass is 15.1. The van der Waals surface area contributed by atoms with Crippen molar-refractivity contribution in [1.82, 2.24) is 19.5 Å². The van der Waals surface area contributed by atoms with Gasteiger partial charge in [0.1, 0.15) is 17.3 Å². The van der Waals surface area contributed by atoms with E-state index in [1.54, 1.807) is 12.3 Å². The zero-order chi connectivity index (χ0) is 11.5. The van der Waals surface area contributed by atoms with Crippen molar-refractivity contribution in [3.05, 3.63) is 24.3 Å². The van der Waals surface area contributed by atoms with Gasteiger partial charge in [0.2, 0.25) is 0 Å². The first-order valence-electron chi connectivity index (χ1n) is 5.32. The van der Waals surface area contributed by atoms with Crippen molar-refractivity contribution in [3.8, 4) is 11.5 Å². The Balaban J connectivity index is 2.45. The second-order valence-electron chi connectivity index (χ2n) is 3.71. The molecule has 0 aromatic carbocycles. The molecule has 5 nitrogen and oxygen atoms in total. The monoisotopic (exact) mass is 217 g/mol. The highest BCUT2D eigenvalue weighted by Crippen LogP contribution is 2.16. The minimum Gasteiger partial charge on any atom is -0.384 e. The summed E-state index contributed by atoms with van der Waals surface area (Å²) in [6.07, 6.45) is 5.46. The third kappa shape index (κ3) is 2.03. The molecule has 2 heterocycles. The first-order valence-corrected chi connectivity index (χ1v) is 5.32. The summed E-state index contributed by atoms with van der Waals surface area (Å²) < 4.78 is 1.91. The lowest BCUT2D eigenvalue weighted by Crippen LogP contribution is -2.03. The van der Waals surface area contributed by atoms with Crippen LogP contribution in [-0.2, 0) is 13.5 Å². The fourth-order valence-corrected chi connectivity index (χ4v) is 1.58. The molecule has 84 valence electrons. The Morgan fingerprint density at radius 2 is 2.19 bits per heavy atom. The van der Waals surface area contributed by atoms with Gasteiger partial charge in [-0.2, -0.15) is 0 Å². The molecule has 0 bridgehead atoms. The maximum absolute atomic E-state index is 5.76. The van der Waals surface area contributed by atoms with Gasteiger partial charge in [-0.1, -0.05) is 6.92 Å². The van der Waals surface area contributed by atoms with Gasteiger partial charge in [-0.05, 0) is 6.42 Å². The zero-order valence-electron chi connectivity index (χ0n) is 9.51. The van der Waals surface area contributed by atoms with Crippen molar-refractivity contribution in [2.45, 2.75) is 19.8 Å². The Kier molecular flexibility index (Phi) is 2.85. The molecular weight excluding hydrogens is 202 g/mol. The number of imidazole rings is 1. The van der Waals surface area contributed by atoms with Crippen LogP contribution in [0.4, 0.5) is 5.82 Å². The summed E-state index contributed by atoms with van der Waals surface area (Å²) >= 11 is 0. The maximum atomic E-state index is 5.76. The number of nitrogens with zero attached hydrogens (tertiary/aromatic N) is 4. The highest BCUT2D eigenvalue weighted by Gasteiger charge is 2.08. The fraction of sp³-hybridized carbons (Fsp3) is 0.364. The normalized spacial score (nSPS) is 10.6. The number of hydrogen-bond acceptors (Lipinski definition) is 4. The van der Waals surface area contributed by atoms with E-state index in [1.165, 1.54) is 0 Å². The van der Waals surface area contributed by atoms with Crippen molar-refractivity contribution < 1.29 is 0 Å². The number of aromatic nitrogens is 4. The summed E-state index contributed by atoms with van der Waals surface area (Å²) in [6, 6.07) is 1.75. The van der Waals surface area contributed by atoms with Crippen molar-refractivity contribution in [3.63, 3.8) is 0 Å². The smallest absolute Gasteiger partial charge is 0.158 e. The predicted octanol–water partition coefficient (Wildman–Crippen LogP) is 1.41. The summed E-state index contributed by atoms with van der Waals surface area (Å²) in [6.45, 7) is 2.09. The number of aryl methyl sites for hydroxylation is 2. The van der Waals surface area contributed by atoms with Crippen LogP contribution >= 0.6 is 0 Å². The zero-order valence-corrected chi connectivity index (χ0v) is 9.51. The summed E-state index contributed by atoms with van der Waals surface area (Å²) in [5, 5.41) is 0. The van der Waals surface area contributed by atoms with Crippen molar-refractivity contribution in [2.24, 2.45) is 7.05 Å². The van der Waals surface area contributed by atoms with Gasteiger partial charge in [0.15, 0.2) is 5.82 Å². The quantitative estimate of drug-likeness (QED) is 0.844. The van der Waals surface area contributed by atoms with Gasteiger partial charge in [-0.15, -0.1) is 0 Å². The Labute approximate surface area is 94.4 Å². The average Bonchev–Trinajstić information content (AvgIpc) is 2.64. The lowest BCUT2D eigenvalue weighted by Gasteiger charge is -2.05. The molecule has 2 rings (SSSR count). The van der Waals surface area contributed by atoms with Gasteiger partial charge in [-0.25, -0.2) is 15.0 Å². The lowest BCUT2D eigenvalue weighted by atomic mass is 10.3. The second kappa shape index (κ2) is 4.30. The molecule has 2 aromatic heterocycles. The van der Waals surface area contributed by atoms with Crippen LogP contribution in [0, 0.1) is 0 Å². The topological polar surface area (TPSA) is 69.6 Å².